The average Bonchev–Trinajstić information content (AvgIpc) is 2.92. The van der Waals surface area contributed by atoms with Crippen LogP contribution >= 0.6 is 11.5 Å². The van der Waals surface area contributed by atoms with Gasteiger partial charge in [-0.25, -0.2) is 4.98 Å². The van der Waals surface area contributed by atoms with E-state index >= 15 is 0 Å². The summed E-state index contributed by atoms with van der Waals surface area (Å²) in [5.41, 5.74) is 0. The Morgan fingerprint density at radius 3 is 3.06 bits per heavy atom. The quantitative estimate of drug-likeness (QED) is 0.871. The van der Waals surface area contributed by atoms with Gasteiger partial charge in [-0.1, -0.05) is 6.92 Å². The molecule has 4 nitrogen and oxygen atoms in total. The molecule has 5 heteroatoms. The predicted octanol–water partition coefficient (Wildman–Crippen LogP) is 2.14. The number of aryl methyl sites for hydroxylation is 1. The van der Waals surface area contributed by atoms with Crippen molar-refractivity contribution in [3.05, 3.63) is 5.82 Å². The minimum atomic E-state index is 0.582. The van der Waals surface area contributed by atoms with Crippen molar-refractivity contribution in [2.45, 2.75) is 51.1 Å². The van der Waals surface area contributed by atoms with Gasteiger partial charge in [-0.15, -0.1) is 0 Å². The Hall–Kier alpha value is -0.680. The molecule has 1 aliphatic carbocycles. The van der Waals surface area contributed by atoms with Crippen molar-refractivity contribution in [2.75, 3.05) is 18.4 Å². The van der Waals surface area contributed by atoms with E-state index in [9.17, 15) is 0 Å². The van der Waals surface area contributed by atoms with Gasteiger partial charge in [-0.05, 0) is 25.7 Å². The first-order chi connectivity index (χ1) is 8.35. The number of likely N-dealkylation sites (tertiary alicyclic amines) is 1. The molecular formula is C12H20N4S. The third kappa shape index (κ3) is 2.77. The molecule has 2 heterocycles. The fourth-order valence-electron chi connectivity index (χ4n) is 2.49. The van der Waals surface area contributed by atoms with Crippen molar-refractivity contribution >= 4 is 16.7 Å². The van der Waals surface area contributed by atoms with Crippen LogP contribution in [0, 0.1) is 0 Å². The van der Waals surface area contributed by atoms with E-state index in [1.807, 2.05) is 0 Å². The van der Waals surface area contributed by atoms with Crippen molar-refractivity contribution < 1.29 is 0 Å². The highest BCUT2D eigenvalue weighted by molar-refractivity contribution is 7.09. The second-order valence-corrected chi connectivity index (χ2v) is 5.87. The predicted molar refractivity (Wildman–Crippen MR) is 70.5 cm³/mol. The monoisotopic (exact) mass is 252 g/mol. The molecule has 1 aromatic heterocycles. The van der Waals surface area contributed by atoms with Crippen LogP contribution in [0.5, 0.6) is 0 Å². The Balaban J connectivity index is 1.52. The molecule has 0 amide bonds. The molecule has 1 saturated carbocycles. The van der Waals surface area contributed by atoms with Crippen LogP contribution in [0.4, 0.5) is 5.13 Å². The first-order valence-electron chi connectivity index (χ1n) is 6.68. The van der Waals surface area contributed by atoms with Crippen molar-refractivity contribution in [3.8, 4) is 0 Å². The number of anilines is 1. The second-order valence-electron chi connectivity index (χ2n) is 5.12. The lowest BCUT2D eigenvalue weighted by Crippen LogP contribution is -2.27. The summed E-state index contributed by atoms with van der Waals surface area (Å²) in [5.74, 6) is 0.997. The van der Waals surface area contributed by atoms with E-state index in [1.165, 1.54) is 43.9 Å². The average molecular weight is 252 g/mol. The SMILES string of the molecule is CCCc1nsc(NC2CCN(C3CC3)C2)n1. The van der Waals surface area contributed by atoms with Crippen LogP contribution in [0.3, 0.4) is 0 Å². The van der Waals surface area contributed by atoms with Crippen LogP contribution in [-0.2, 0) is 6.42 Å². The number of hydrogen-bond donors (Lipinski definition) is 1. The van der Waals surface area contributed by atoms with Crippen molar-refractivity contribution in [2.24, 2.45) is 0 Å². The van der Waals surface area contributed by atoms with Gasteiger partial charge < -0.3 is 5.32 Å². The Morgan fingerprint density at radius 1 is 1.41 bits per heavy atom. The van der Waals surface area contributed by atoms with E-state index in [2.05, 4.69) is 26.5 Å². The zero-order valence-corrected chi connectivity index (χ0v) is 11.2. The van der Waals surface area contributed by atoms with Gasteiger partial charge in [-0.3, -0.25) is 4.90 Å². The van der Waals surface area contributed by atoms with Gasteiger partial charge in [0.25, 0.3) is 0 Å². The zero-order chi connectivity index (χ0) is 11.7. The van der Waals surface area contributed by atoms with Gasteiger partial charge >= 0.3 is 0 Å². The van der Waals surface area contributed by atoms with Gasteiger partial charge in [0.1, 0.15) is 5.82 Å². The molecule has 3 rings (SSSR count). The van der Waals surface area contributed by atoms with E-state index in [0.29, 0.717) is 6.04 Å². The van der Waals surface area contributed by atoms with E-state index in [4.69, 9.17) is 0 Å². The number of nitrogens with one attached hydrogen (secondary N) is 1. The molecule has 94 valence electrons. The molecule has 1 atom stereocenters. The van der Waals surface area contributed by atoms with Crippen LogP contribution in [0.2, 0.25) is 0 Å². The van der Waals surface area contributed by atoms with E-state index in [1.54, 1.807) is 0 Å². The van der Waals surface area contributed by atoms with Gasteiger partial charge in [0.05, 0.1) is 0 Å². The van der Waals surface area contributed by atoms with E-state index in [0.717, 1.165) is 29.8 Å². The highest BCUT2D eigenvalue weighted by Gasteiger charge is 2.34. The molecule has 17 heavy (non-hydrogen) atoms. The minimum Gasteiger partial charge on any atom is -0.356 e. The fourth-order valence-corrected chi connectivity index (χ4v) is 3.18. The molecular weight excluding hydrogens is 232 g/mol. The summed E-state index contributed by atoms with van der Waals surface area (Å²) in [6.45, 7) is 4.61. The van der Waals surface area contributed by atoms with Gasteiger partial charge in [0.15, 0.2) is 0 Å². The van der Waals surface area contributed by atoms with Gasteiger partial charge in [0.2, 0.25) is 5.13 Å². The molecule has 2 fully saturated rings. The lowest BCUT2D eigenvalue weighted by atomic mass is 10.3. The summed E-state index contributed by atoms with van der Waals surface area (Å²) < 4.78 is 4.37. The third-order valence-electron chi connectivity index (χ3n) is 3.55. The highest BCUT2D eigenvalue weighted by Crippen LogP contribution is 2.30. The standard InChI is InChI=1S/C12H20N4S/c1-2-3-11-14-12(17-15-11)13-9-6-7-16(8-9)10-4-5-10/h9-10H,2-8H2,1H3,(H,13,14,15). The maximum atomic E-state index is 4.53. The summed E-state index contributed by atoms with van der Waals surface area (Å²) >= 11 is 1.51. The number of aromatic nitrogens is 2. The molecule has 0 bridgehead atoms. The maximum Gasteiger partial charge on any atom is 0.202 e. The molecule has 1 saturated heterocycles. The summed E-state index contributed by atoms with van der Waals surface area (Å²) in [7, 11) is 0. The molecule has 1 aliphatic heterocycles. The second kappa shape index (κ2) is 4.90. The van der Waals surface area contributed by atoms with Crippen LogP contribution in [-0.4, -0.2) is 39.4 Å². The molecule has 1 unspecified atom stereocenters. The maximum absolute atomic E-state index is 4.53. The summed E-state index contributed by atoms with van der Waals surface area (Å²) in [4.78, 5) is 7.14. The highest BCUT2D eigenvalue weighted by atomic mass is 32.1. The Morgan fingerprint density at radius 2 is 2.29 bits per heavy atom. The van der Waals surface area contributed by atoms with Crippen molar-refractivity contribution in [1.29, 1.82) is 0 Å². The number of nitrogens with zero attached hydrogens (tertiary/aromatic N) is 3. The first kappa shape index (κ1) is 11.4. The lowest BCUT2D eigenvalue weighted by Gasteiger charge is -2.14. The summed E-state index contributed by atoms with van der Waals surface area (Å²) in [6.07, 6.45) is 6.18. The topological polar surface area (TPSA) is 41.1 Å². The molecule has 1 N–H and O–H groups in total. The van der Waals surface area contributed by atoms with Crippen molar-refractivity contribution in [3.63, 3.8) is 0 Å². The van der Waals surface area contributed by atoms with E-state index < -0.39 is 0 Å². The minimum absolute atomic E-state index is 0.582. The fraction of sp³-hybridized carbons (Fsp3) is 0.833. The van der Waals surface area contributed by atoms with Gasteiger partial charge in [0, 0.05) is 43.1 Å². The molecule has 0 aromatic carbocycles. The van der Waals surface area contributed by atoms with Crippen LogP contribution < -0.4 is 5.32 Å². The Labute approximate surface area is 107 Å². The van der Waals surface area contributed by atoms with Crippen LogP contribution in [0.25, 0.3) is 0 Å². The van der Waals surface area contributed by atoms with Crippen molar-refractivity contribution in [1.82, 2.24) is 14.3 Å². The summed E-state index contributed by atoms with van der Waals surface area (Å²) in [5, 5.41) is 4.55. The normalized spacial score (nSPS) is 25.4. The Bertz CT molecular complexity index is 374. The third-order valence-corrected chi connectivity index (χ3v) is 4.24. The number of rotatable bonds is 5. The van der Waals surface area contributed by atoms with Gasteiger partial charge in [-0.2, -0.15) is 4.37 Å². The summed E-state index contributed by atoms with van der Waals surface area (Å²) in [6, 6.07) is 1.48. The zero-order valence-electron chi connectivity index (χ0n) is 10.4. The molecule has 0 spiro atoms. The van der Waals surface area contributed by atoms with Crippen LogP contribution in [0.1, 0.15) is 38.4 Å². The van der Waals surface area contributed by atoms with Crippen LogP contribution in [0.15, 0.2) is 0 Å². The smallest absolute Gasteiger partial charge is 0.202 e. The Kier molecular flexibility index (Phi) is 3.29. The largest absolute Gasteiger partial charge is 0.356 e. The molecule has 1 aromatic rings. The molecule has 2 aliphatic rings. The molecule has 0 radical (unpaired) electrons. The number of hydrogen-bond acceptors (Lipinski definition) is 5. The lowest BCUT2D eigenvalue weighted by molar-refractivity contribution is 0.326. The first-order valence-corrected chi connectivity index (χ1v) is 7.45. The van der Waals surface area contributed by atoms with E-state index in [-0.39, 0.29) is 0 Å².